The summed E-state index contributed by atoms with van der Waals surface area (Å²) < 4.78 is 0. The summed E-state index contributed by atoms with van der Waals surface area (Å²) in [5, 5.41) is 56.3. The Morgan fingerprint density at radius 2 is 0.976 bits per heavy atom. The molecule has 0 unspecified atom stereocenters. The van der Waals surface area contributed by atoms with Crippen LogP contribution in [0.5, 0.6) is 11.5 Å². The average Bonchev–Trinajstić information content (AvgIpc) is 1.76. The molecular formula is C92H116N16O18S. The van der Waals surface area contributed by atoms with Gasteiger partial charge in [-0.15, -0.1) is 11.8 Å². The molecule has 0 radical (unpaired) electrons. The number of benzene rings is 6. The number of aliphatic hydroxyl groups excluding tert-OH is 1. The second kappa shape index (κ2) is 47.2. The highest BCUT2D eigenvalue weighted by Crippen LogP contribution is 2.27. The predicted molar refractivity (Wildman–Crippen MR) is 475 cm³/mol. The summed E-state index contributed by atoms with van der Waals surface area (Å²) in [6.45, 7) is 4.31. The van der Waals surface area contributed by atoms with Crippen LogP contribution in [0.3, 0.4) is 0 Å². The van der Waals surface area contributed by atoms with Gasteiger partial charge in [-0.2, -0.15) is 0 Å². The summed E-state index contributed by atoms with van der Waals surface area (Å²) >= 11 is 0.846. The van der Waals surface area contributed by atoms with Crippen molar-refractivity contribution in [2.24, 2.45) is 11.7 Å². The van der Waals surface area contributed by atoms with Gasteiger partial charge in [0.25, 0.3) is 0 Å². The van der Waals surface area contributed by atoms with Crippen molar-refractivity contribution in [1.29, 1.82) is 0 Å². The zero-order valence-electron chi connectivity index (χ0n) is 72.6. The number of amides is 15. The minimum Gasteiger partial charge on any atom is -0.508 e. The minimum absolute atomic E-state index is 0.0358. The number of para-hydroxylation sites is 1. The van der Waals surface area contributed by atoms with Crippen molar-refractivity contribution >= 4 is 111 Å². The van der Waals surface area contributed by atoms with Crippen LogP contribution in [-0.4, -0.2) is 272 Å². The zero-order valence-corrected chi connectivity index (χ0v) is 73.4. The first-order valence-corrected chi connectivity index (χ1v) is 43.6. The normalized spacial score (nSPS) is 23.1. The van der Waals surface area contributed by atoms with E-state index in [9.17, 15) is 53.7 Å². The molecule has 2 aliphatic heterocycles. The SMILES string of the molecule is CCCC[C@H]1C(=O)N2CCC[C@@H]2C(=O)N[C@@H](CO)C(=O)N[C@@H](C)C(=O)N(C)[C@@H](Cc2ccccc2)C(=O)N[C@@H](Cc2ccc(O)cc2)C(=O)N(C)CC(=O)N[C@@H](Cc2c[nH]c3ccccc23)C(=O)N[C@@H](Cc2ccc(O)cc2)C(=O)N[C@@H](CC(C)C)C(=O)N[C@H](C(=O)NCC(N)=O)CSCC(=O)N[C@@H](Cc2ccccc2)C(=O)N(C)[C@@H](Cc2ccccc2)C(=O)N1C. The number of hydrogen-bond donors (Lipinski definition) is 14. The van der Waals surface area contributed by atoms with Gasteiger partial charge in [-0.25, -0.2) is 0 Å². The molecule has 0 saturated carbocycles. The van der Waals surface area contributed by atoms with Gasteiger partial charge in [0, 0.05) is 96.1 Å². The number of aromatic amines is 1. The lowest BCUT2D eigenvalue weighted by molar-refractivity contribution is -0.152. The highest BCUT2D eigenvalue weighted by molar-refractivity contribution is 8.00. The Morgan fingerprint density at radius 1 is 0.496 bits per heavy atom. The Balaban J connectivity index is 1.10. The summed E-state index contributed by atoms with van der Waals surface area (Å²) in [7, 11) is 5.41. The highest BCUT2D eigenvalue weighted by Gasteiger charge is 2.44. The number of aromatic nitrogens is 1. The van der Waals surface area contributed by atoms with Gasteiger partial charge in [0.15, 0.2) is 0 Å². The van der Waals surface area contributed by atoms with Crippen LogP contribution in [0.1, 0.15) is 99.6 Å². The third kappa shape index (κ3) is 28.2. The number of phenols is 2. The first kappa shape index (κ1) is 97.6. The van der Waals surface area contributed by atoms with Crippen molar-refractivity contribution in [3.8, 4) is 11.5 Å². The van der Waals surface area contributed by atoms with Gasteiger partial charge in [0.2, 0.25) is 88.6 Å². The summed E-state index contributed by atoms with van der Waals surface area (Å²) in [6.07, 6.45) is 1.88. The molecule has 12 atom stereocenters. The largest absolute Gasteiger partial charge is 0.508 e. The molecule has 0 spiro atoms. The summed E-state index contributed by atoms with van der Waals surface area (Å²) in [4.78, 5) is 231. The van der Waals surface area contributed by atoms with Gasteiger partial charge in [-0.05, 0) is 102 Å². The molecular weight excluding hydrogens is 1650 g/mol. The molecule has 2 aliphatic rings. The molecule has 2 saturated heterocycles. The molecule has 35 heteroatoms. The van der Waals surface area contributed by atoms with Gasteiger partial charge < -0.3 is 98.4 Å². The molecule has 15 N–H and O–H groups in total. The standard InChI is InChI=1S/C92H116N16O18S/c1-9-10-31-75-92(126)108-41-22-32-74(108)86(120)102-72(52-109)85(119)96-56(4)88(122)106(7)76(46-58-25-16-12-17-26-58)87(121)101-70(45-61-35-39-64(111)40-36-61)89(123)104(5)51-79(113)97-69(48-62-49-94-66-30-21-20-29-65(62)66)84(118)100-68(43-60-33-37-63(110)38-34-60)83(117)99-67(42-55(2)3)82(116)103-73(81(115)95-50-78(93)112)53-127-54-80(114)98-71(44-57-23-14-11-15-24-57)90(124)107(8)77(91(125)105(75)6)47-59-27-18-13-19-28-59/h11-21,23-30,33-40,49,55-56,67-77,94,109-111H,9-10,22,31-32,41-48,50-54H2,1-8H3,(H2,93,112)(H,95,115)(H,96,119)(H,97,113)(H,98,114)(H,99,117)(H,100,118)(H,101,121)(H,102,120)(H,103,116)/t56-,67-,68-,69-,70-,71-,72-,73-,74+,75-,76-,77-/m0/s1. The van der Waals surface area contributed by atoms with E-state index in [0.29, 0.717) is 63.5 Å². The van der Waals surface area contributed by atoms with Crippen molar-refractivity contribution in [2.45, 2.75) is 177 Å². The number of phenolic OH excluding ortho intramolecular Hbond substituents is 2. The average molecular weight is 1770 g/mol. The van der Waals surface area contributed by atoms with Crippen LogP contribution in [0.2, 0.25) is 0 Å². The lowest BCUT2D eigenvalue weighted by Crippen LogP contribution is -2.61. The first-order valence-electron chi connectivity index (χ1n) is 42.4. The number of primary amides is 1. The number of unbranched alkanes of at least 4 members (excludes halogenated alkanes) is 1. The van der Waals surface area contributed by atoms with Gasteiger partial charge >= 0.3 is 0 Å². The predicted octanol–water partition coefficient (Wildman–Crippen LogP) is 1.74. The fourth-order valence-corrected chi connectivity index (χ4v) is 16.3. The molecule has 3 heterocycles. The number of H-pyrrole nitrogens is 1. The summed E-state index contributed by atoms with van der Waals surface area (Å²) in [5.74, 6) is -14.2. The smallest absolute Gasteiger partial charge is 0.246 e. The molecule has 34 nitrogen and oxygen atoms in total. The molecule has 0 aliphatic carbocycles. The maximum atomic E-state index is 15.6. The van der Waals surface area contributed by atoms with E-state index >= 15 is 33.6 Å². The number of nitrogens with two attached hydrogens (primary N) is 1. The quantitative estimate of drug-likeness (QED) is 0.0487. The number of hydrogen-bond acceptors (Lipinski definition) is 19. The zero-order chi connectivity index (χ0) is 92.1. The molecule has 127 heavy (non-hydrogen) atoms. The van der Waals surface area contributed by atoms with Crippen LogP contribution in [-0.2, 0) is 110 Å². The van der Waals surface area contributed by atoms with Gasteiger partial charge in [-0.3, -0.25) is 71.9 Å². The number of nitrogens with one attached hydrogen (secondary N) is 10. The van der Waals surface area contributed by atoms with Gasteiger partial charge in [-0.1, -0.05) is 167 Å². The molecule has 0 bridgehead atoms. The number of carbonyl (C=O) groups excluding carboxylic acids is 15. The third-order valence-electron chi connectivity index (χ3n) is 22.4. The Hall–Kier alpha value is -13.2. The van der Waals surface area contributed by atoms with Crippen LogP contribution in [0.25, 0.3) is 10.9 Å². The monoisotopic (exact) mass is 1760 g/mol. The fraction of sp³-hybridized carbons (Fsp3) is 0.424. The van der Waals surface area contributed by atoms with E-state index in [1.165, 1.54) is 98.3 Å². The number of fused-ring (bicyclic) bond motifs is 2. The van der Waals surface area contributed by atoms with Gasteiger partial charge in [0.1, 0.15) is 84.0 Å². The Kier molecular flexibility index (Phi) is 36.3. The van der Waals surface area contributed by atoms with E-state index in [-0.39, 0.29) is 87.5 Å². The van der Waals surface area contributed by atoms with E-state index in [4.69, 9.17) is 5.73 Å². The van der Waals surface area contributed by atoms with Crippen molar-refractivity contribution in [2.75, 3.05) is 65.9 Å². The van der Waals surface area contributed by atoms with Crippen molar-refractivity contribution < 1.29 is 87.2 Å². The first-order chi connectivity index (χ1) is 60.7. The van der Waals surface area contributed by atoms with Gasteiger partial charge in [0.05, 0.1) is 25.4 Å². The second-order valence-corrected chi connectivity index (χ2v) is 33.6. The third-order valence-corrected chi connectivity index (χ3v) is 23.5. The molecule has 7 aromatic rings. The van der Waals surface area contributed by atoms with E-state index in [2.05, 4.69) is 52.8 Å². The van der Waals surface area contributed by atoms with Crippen LogP contribution < -0.4 is 53.6 Å². The Morgan fingerprint density at radius 3 is 1.55 bits per heavy atom. The number of nitrogens with zero attached hydrogens (tertiary/aromatic N) is 5. The van der Waals surface area contributed by atoms with E-state index in [0.717, 1.165) is 21.6 Å². The second-order valence-electron chi connectivity index (χ2n) is 32.6. The number of aromatic hydroxyl groups is 2. The van der Waals surface area contributed by atoms with Crippen LogP contribution >= 0.6 is 11.8 Å². The lowest BCUT2D eigenvalue weighted by atomic mass is 9.99. The molecule has 6 aromatic carbocycles. The van der Waals surface area contributed by atoms with Crippen LogP contribution in [0, 0.1) is 5.92 Å². The van der Waals surface area contributed by atoms with Crippen molar-refractivity contribution in [1.82, 2.24) is 77.3 Å². The fourth-order valence-electron chi connectivity index (χ4n) is 15.4. The molecule has 15 amide bonds. The van der Waals surface area contributed by atoms with E-state index in [1.807, 2.05) is 6.92 Å². The molecule has 678 valence electrons. The van der Waals surface area contributed by atoms with E-state index in [1.54, 1.807) is 135 Å². The van der Waals surface area contributed by atoms with Crippen LogP contribution in [0.4, 0.5) is 0 Å². The number of likely N-dealkylation sites (N-methyl/N-ethyl adjacent to an activating group) is 4. The maximum absolute atomic E-state index is 15.6. The molecule has 1 aromatic heterocycles. The lowest BCUT2D eigenvalue weighted by Gasteiger charge is -2.38. The summed E-state index contributed by atoms with van der Waals surface area (Å²) in [5.41, 5.74) is 9.26. The van der Waals surface area contributed by atoms with Crippen molar-refractivity contribution in [3.05, 3.63) is 203 Å². The number of carbonyl (C=O) groups is 15. The summed E-state index contributed by atoms with van der Waals surface area (Å²) in [6, 6.07) is 27.0. The van der Waals surface area contributed by atoms with E-state index < -0.39 is 187 Å². The Bertz CT molecular complexity index is 4990. The number of rotatable bonds is 21. The highest BCUT2D eigenvalue weighted by atomic mass is 32.2. The van der Waals surface area contributed by atoms with Crippen molar-refractivity contribution in [3.63, 3.8) is 0 Å². The number of thioether (sulfide) groups is 1. The molecule has 2 fully saturated rings. The topological polar surface area (TPSA) is 483 Å². The minimum atomic E-state index is -1.72. The Labute approximate surface area is 741 Å². The molecule has 9 rings (SSSR count). The van der Waals surface area contributed by atoms with Crippen LogP contribution in [0.15, 0.2) is 170 Å². The number of aliphatic hydroxyl groups is 1. The maximum Gasteiger partial charge on any atom is 0.246 e.